The Morgan fingerprint density at radius 2 is 1.53 bits per heavy atom. The summed E-state index contributed by atoms with van der Waals surface area (Å²) < 4.78 is 15.3. The zero-order valence-corrected chi connectivity index (χ0v) is 27.3. The Hall–Kier alpha value is -5.81. The molecule has 4 amide bonds. The molecule has 10 nitrogen and oxygen atoms in total. The van der Waals surface area contributed by atoms with Crippen LogP contribution in [-0.4, -0.2) is 44.9 Å². The first-order chi connectivity index (χ1) is 24.5. The van der Waals surface area contributed by atoms with Crippen LogP contribution in [0.25, 0.3) is 0 Å². The Bertz CT molecular complexity index is 2240. The summed E-state index contributed by atoms with van der Waals surface area (Å²) in [6, 6.07) is 22.3. The minimum atomic E-state index is -1.70. The Morgan fingerprint density at radius 1 is 0.804 bits per heavy atom. The van der Waals surface area contributed by atoms with Crippen molar-refractivity contribution in [3.8, 4) is 11.5 Å². The third-order valence-electron chi connectivity index (χ3n) is 11.0. The van der Waals surface area contributed by atoms with E-state index in [2.05, 4.69) is 0 Å². The van der Waals surface area contributed by atoms with Crippen molar-refractivity contribution in [2.75, 3.05) is 9.80 Å². The minimum absolute atomic E-state index is 0.0172. The fourth-order valence-electron chi connectivity index (χ4n) is 8.95. The van der Waals surface area contributed by atoms with Crippen LogP contribution >= 0.6 is 11.6 Å². The van der Waals surface area contributed by atoms with E-state index in [0.717, 1.165) is 28.0 Å². The van der Waals surface area contributed by atoms with Crippen LogP contribution in [-0.2, 0) is 24.6 Å². The van der Waals surface area contributed by atoms with Gasteiger partial charge in [-0.15, -0.1) is 0 Å². The molecule has 3 fully saturated rings. The van der Waals surface area contributed by atoms with Gasteiger partial charge in [0.05, 0.1) is 34.5 Å². The van der Waals surface area contributed by atoms with Gasteiger partial charge in [-0.1, -0.05) is 71.8 Å². The molecular weight excluding hydrogens is 679 g/mol. The van der Waals surface area contributed by atoms with Gasteiger partial charge in [-0.2, -0.15) is 0 Å². The van der Waals surface area contributed by atoms with Gasteiger partial charge < -0.3 is 15.3 Å². The Labute approximate surface area is 295 Å². The number of hydrogen-bond donors (Lipinski definition) is 3. The predicted molar refractivity (Wildman–Crippen MR) is 182 cm³/mol. The number of carboxylic acids is 1. The molecule has 0 radical (unpaired) electrons. The third-order valence-corrected chi connectivity index (χ3v) is 11.2. The quantitative estimate of drug-likeness (QED) is 0.170. The number of rotatable bonds is 5. The number of benzene rings is 4. The fraction of sp³-hybridized carbons (Fsp3) is 0.205. The predicted octanol–water partition coefficient (Wildman–Crippen LogP) is 5.96. The Balaban J connectivity index is 1.34. The average Bonchev–Trinajstić information content (AvgIpc) is 3.50. The van der Waals surface area contributed by atoms with E-state index in [9.17, 15) is 34.5 Å². The monoisotopic (exact) mass is 706 g/mol. The molecule has 4 aromatic rings. The molecule has 2 heterocycles. The van der Waals surface area contributed by atoms with Crippen molar-refractivity contribution >= 4 is 52.6 Å². The molecular formula is C39H28ClFN2O8. The Morgan fingerprint density at radius 3 is 2.24 bits per heavy atom. The topological polar surface area (TPSA) is 153 Å². The first-order valence-electron chi connectivity index (χ1n) is 16.3. The molecule has 0 unspecified atom stereocenters. The van der Waals surface area contributed by atoms with Gasteiger partial charge in [0.2, 0.25) is 23.6 Å². The van der Waals surface area contributed by atoms with Gasteiger partial charge in [-0.3, -0.25) is 19.2 Å². The number of aromatic carboxylic acids is 1. The highest BCUT2D eigenvalue weighted by molar-refractivity contribution is 6.32. The van der Waals surface area contributed by atoms with Gasteiger partial charge in [0.1, 0.15) is 11.3 Å². The van der Waals surface area contributed by atoms with E-state index in [1.54, 1.807) is 54.6 Å². The van der Waals surface area contributed by atoms with Gasteiger partial charge >= 0.3 is 5.97 Å². The normalized spacial score (nSPS) is 26.9. The van der Waals surface area contributed by atoms with Crippen LogP contribution in [0.4, 0.5) is 15.8 Å². The average molecular weight is 707 g/mol. The summed E-state index contributed by atoms with van der Waals surface area (Å²) in [5.74, 6) is -11.0. The molecule has 4 aromatic carbocycles. The van der Waals surface area contributed by atoms with E-state index in [-0.39, 0.29) is 34.8 Å². The number of carboxylic acid groups (broad SMARTS) is 1. The van der Waals surface area contributed by atoms with E-state index < -0.39 is 87.5 Å². The number of halogens is 2. The molecule has 3 N–H and O–H groups in total. The number of carbonyl (C=O) groups is 5. The van der Waals surface area contributed by atoms with Crippen LogP contribution in [0, 0.1) is 29.5 Å². The van der Waals surface area contributed by atoms with Crippen LogP contribution in [0.3, 0.4) is 0 Å². The van der Waals surface area contributed by atoms with Crippen LogP contribution in [0.2, 0.25) is 5.02 Å². The third kappa shape index (κ3) is 4.50. The van der Waals surface area contributed by atoms with Crippen LogP contribution < -0.4 is 9.80 Å². The number of anilines is 2. The highest BCUT2D eigenvalue weighted by Crippen LogP contribution is 2.65. The molecule has 1 saturated carbocycles. The Kier molecular flexibility index (Phi) is 7.39. The number of phenols is 2. The highest BCUT2D eigenvalue weighted by atomic mass is 35.5. The summed E-state index contributed by atoms with van der Waals surface area (Å²) in [6.45, 7) is 0. The lowest BCUT2D eigenvalue weighted by Crippen LogP contribution is -2.53. The molecule has 0 aromatic heterocycles. The van der Waals surface area contributed by atoms with Crippen molar-refractivity contribution in [1.82, 2.24) is 0 Å². The molecule has 51 heavy (non-hydrogen) atoms. The maximum absolute atomic E-state index is 15.3. The molecule has 0 spiro atoms. The number of hydrogen-bond acceptors (Lipinski definition) is 7. The van der Waals surface area contributed by atoms with Crippen molar-refractivity contribution in [3.05, 3.63) is 130 Å². The minimum Gasteiger partial charge on any atom is -0.507 e. The summed E-state index contributed by atoms with van der Waals surface area (Å²) in [7, 11) is 0. The molecule has 2 aliphatic carbocycles. The number of imide groups is 2. The van der Waals surface area contributed by atoms with Gasteiger partial charge in [-0.25, -0.2) is 19.0 Å². The zero-order valence-electron chi connectivity index (χ0n) is 26.6. The van der Waals surface area contributed by atoms with E-state index in [1.807, 2.05) is 0 Å². The lowest BCUT2D eigenvalue weighted by atomic mass is 9.49. The summed E-state index contributed by atoms with van der Waals surface area (Å²) in [5.41, 5.74) is -0.884. The van der Waals surface area contributed by atoms with Gasteiger partial charge in [0, 0.05) is 22.6 Å². The lowest BCUT2D eigenvalue weighted by Gasteiger charge is -2.50. The van der Waals surface area contributed by atoms with Crippen molar-refractivity contribution in [1.29, 1.82) is 0 Å². The maximum atomic E-state index is 15.3. The number of para-hydroxylation sites is 1. The van der Waals surface area contributed by atoms with Gasteiger partial charge in [0.15, 0.2) is 11.6 Å². The largest absolute Gasteiger partial charge is 0.507 e. The molecule has 0 bridgehead atoms. The van der Waals surface area contributed by atoms with Gasteiger partial charge in [0.25, 0.3) is 0 Å². The number of allylic oxidation sites excluding steroid dienone is 2. The molecule has 2 saturated heterocycles. The van der Waals surface area contributed by atoms with Crippen LogP contribution in [0.15, 0.2) is 103 Å². The second-order valence-electron chi connectivity index (χ2n) is 13.3. The second kappa shape index (κ2) is 11.6. The number of carbonyl (C=O) groups excluding carboxylic acids is 4. The molecule has 8 rings (SSSR count). The van der Waals surface area contributed by atoms with E-state index in [1.165, 1.54) is 24.3 Å². The fourth-order valence-corrected chi connectivity index (χ4v) is 9.13. The first-order valence-corrected chi connectivity index (χ1v) is 16.7. The van der Waals surface area contributed by atoms with Crippen molar-refractivity contribution in [2.45, 2.75) is 24.2 Å². The highest BCUT2D eigenvalue weighted by Gasteiger charge is 2.70. The van der Waals surface area contributed by atoms with E-state index in [4.69, 9.17) is 11.6 Å². The summed E-state index contributed by atoms with van der Waals surface area (Å²) >= 11 is 6.32. The first kappa shape index (κ1) is 32.4. The number of fused-ring (bicyclic) bond motifs is 4. The smallest absolute Gasteiger partial charge is 0.339 e. The van der Waals surface area contributed by atoms with E-state index >= 15 is 9.18 Å². The summed E-state index contributed by atoms with van der Waals surface area (Å²) in [4.78, 5) is 71.8. The summed E-state index contributed by atoms with van der Waals surface area (Å²) in [6.07, 6.45) is 1.78. The SMILES string of the molecule is O=C(O)c1ccc(N2C(=O)[C@H]3[C@H](CC=C4[C@H]3C[C@H]3C(=O)N(c5cccc(Cl)c5)C(=O)[C@@]3(c3ccccc3)[C@H]4c3cccc(F)c3O)C2=O)cc1O. The molecule has 256 valence electrons. The molecule has 4 aliphatic rings. The van der Waals surface area contributed by atoms with Crippen LogP contribution in [0.1, 0.15) is 40.2 Å². The standard InChI is InChI=1S/C39H28ClFN2O8/c40-20-8-4-9-21(16-20)43-35(47)28-18-27-23(14-15-25-31(27)36(48)42(34(25)46)22-12-13-24(37(49)50)30(44)17-22)32(26-10-5-11-29(41)33(26)45)39(28,38(43)51)19-6-2-1-3-7-19/h1-14,16-17,25,27-28,31-32,44-45H,15,18H2,(H,49,50)/t25-,27+,28-,31-,32+,39+/m0/s1. The molecule has 6 atom stereocenters. The van der Waals surface area contributed by atoms with Crippen LogP contribution in [0.5, 0.6) is 11.5 Å². The van der Waals surface area contributed by atoms with Crippen molar-refractivity contribution in [2.24, 2.45) is 23.7 Å². The maximum Gasteiger partial charge on any atom is 0.339 e. The van der Waals surface area contributed by atoms with Crippen molar-refractivity contribution < 1.29 is 43.7 Å². The number of phenolic OH excluding ortho intramolecular Hbond substituents is 1. The number of amides is 4. The summed E-state index contributed by atoms with van der Waals surface area (Å²) in [5, 5.41) is 31.4. The second-order valence-corrected chi connectivity index (χ2v) is 13.7. The van der Waals surface area contributed by atoms with Gasteiger partial charge in [-0.05, 0) is 60.7 Å². The zero-order chi connectivity index (χ0) is 35.9. The van der Waals surface area contributed by atoms with E-state index in [0.29, 0.717) is 11.1 Å². The molecule has 2 aliphatic heterocycles. The number of nitrogens with zero attached hydrogens (tertiary/aromatic N) is 2. The molecule has 12 heteroatoms. The lowest BCUT2D eigenvalue weighted by molar-refractivity contribution is -0.127. The van der Waals surface area contributed by atoms with Crippen molar-refractivity contribution in [3.63, 3.8) is 0 Å². The number of aromatic hydroxyl groups is 2.